The van der Waals surface area contributed by atoms with E-state index in [0.717, 1.165) is 25.1 Å². The quantitative estimate of drug-likeness (QED) is 0.459. The van der Waals surface area contributed by atoms with Crippen molar-refractivity contribution in [3.05, 3.63) is 29.8 Å². The van der Waals surface area contributed by atoms with Crippen LogP contribution < -0.4 is 15.5 Å². The summed E-state index contributed by atoms with van der Waals surface area (Å²) in [5, 5.41) is 6.50. The number of aliphatic imine (C=N–C) groups is 1. The number of unbranched alkanes of at least 4 members (excludes halogenated alkanes) is 2. The van der Waals surface area contributed by atoms with E-state index in [-0.39, 0.29) is 12.5 Å². The SMILES string of the molecule is CCCCCC(C)NC(=NC)NCC(=O)N1CCc2ccccc21. The normalized spacial score (nSPS) is 15.1. The first-order chi connectivity index (χ1) is 11.7. The summed E-state index contributed by atoms with van der Waals surface area (Å²) < 4.78 is 0. The highest BCUT2D eigenvalue weighted by atomic mass is 16.2. The number of nitrogens with zero attached hydrogens (tertiary/aromatic N) is 2. The Bertz CT molecular complexity index is 570. The zero-order valence-corrected chi connectivity index (χ0v) is 15.1. The van der Waals surface area contributed by atoms with Crippen LogP contribution in [-0.4, -0.2) is 38.0 Å². The van der Waals surface area contributed by atoms with Gasteiger partial charge in [0.25, 0.3) is 0 Å². The summed E-state index contributed by atoms with van der Waals surface area (Å²) in [6.07, 6.45) is 5.74. The second-order valence-electron chi connectivity index (χ2n) is 6.39. The molecule has 1 aliphatic heterocycles. The van der Waals surface area contributed by atoms with Gasteiger partial charge in [0, 0.05) is 25.3 Å². The number of hydrogen-bond acceptors (Lipinski definition) is 2. The zero-order valence-electron chi connectivity index (χ0n) is 15.1. The smallest absolute Gasteiger partial charge is 0.246 e. The highest BCUT2D eigenvalue weighted by molar-refractivity contribution is 5.98. The van der Waals surface area contributed by atoms with Crippen LogP contribution >= 0.6 is 0 Å². The molecule has 1 atom stereocenters. The Labute approximate surface area is 145 Å². The molecule has 1 aromatic carbocycles. The minimum Gasteiger partial charge on any atom is -0.354 e. The Morgan fingerprint density at radius 1 is 1.33 bits per heavy atom. The second kappa shape index (κ2) is 9.30. The molecule has 0 fully saturated rings. The summed E-state index contributed by atoms with van der Waals surface area (Å²) in [6, 6.07) is 8.47. The van der Waals surface area contributed by atoms with E-state index in [2.05, 4.69) is 35.5 Å². The average Bonchev–Trinajstić information content (AvgIpc) is 3.02. The van der Waals surface area contributed by atoms with E-state index in [9.17, 15) is 4.79 Å². The lowest BCUT2D eigenvalue weighted by molar-refractivity contribution is -0.117. The van der Waals surface area contributed by atoms with Crippen molar-refractivity contribution in [2.45, 2.75) is 52.0 Å². The van der Waals surface area contributed by atoms with Crippen molar-refractivity contribution in [2.75, 3.05) is 25.0 Å². The van der Waals surface area contributed by atoms with Crippen molar-refractivity contribution in [2.24, 2.45) is 4.99 Å². The first-order valence-electron chi connectivity index (χ1n) is 9.01. The number of amides is 1. The van der Waals surface area contributed by atoms with Crippen LogP contribution in [0.15, 0.2) is 29.3 Å². The van der Waals surface area contributed by atoms with Crippen LogP contribution in [0.2, 0.25) is 0 Å². The van der Waals surface area contributed by atoms with Crippen molar-refractivity contribution in [1.29, 1.82) is 0 Å². The molecular weight excluding hydrogens is 300 g/mol. The molecule has 0 bridgehead atoms. The van der Waals surface area contributed by atoms with Crippen LogP contribution in [0, 0.1) is 0 Å². The molecule has 1 aromatic rings. The van der Waals surface area contributed by atoms with Crippen molar-refractivity contribution in [1.82, 2.24) is 10.6 Å². The summed E-state index contributed by atoms with van der Waals surface area (Å²) in [5.41, 5.74) is 2.29. The Balaban J connectivity index is 1.80. The molecule has 0 saturated carbocycles. The lowest BCUT2D eigenvalue weighted by Gasteiger charge is -2.20. The van der Waals surface area contributed by atoms with Crippen LogP contribution in [0.4, 0.5) is 5.69 Å². The molecule has 2 rings (SSSR count). The summed E-state index contributed by atoms with van der Waals surface area (Å²) >= 11 is 0. The zero-order chi connectivity index (χ0) is 17.4. The molecule has 1 heterocycles. The van der Waals surface area contributed by atoms with Crippen LogP contribution in [0.5, 0.6) is 0 Å². The van der Waals surface area contributed by atoms with Crippen LogP contribution in [0.25, 0.3) is 0 Å². The van der Waals surface area contributed by atoms with Crippen molar-refractivity contribution >= 4 is 17.6 Å². The van der Waals surface area contributed by atoms with Gasteiger partial charge in [-0.3, -0.25) is 9.79 Å². The van der Waals surface area contributed by atoms with Gasteiger partial charge in [0.15, 0.2) is 5.96 Å². The maximum absolute atomic E-state index is 12.5. The molecule has 1 unspecified atom stereocenters. The van der Waals surface area contributed by atoms with E-state index < -0.39 is 0 Å². The predicted octanol–water partition coefficient (Wildman–Crippen LogP) is 2.71. The third-order valence-corrected chi connectivity index (χ3v) is 4.44. The first-order valence-corrected chi connectivity index (χ1v) is 9.01. The van der Waals surface area contributed by atoms with Gasteiger partial charge in [-0.05, 0) is 31.4 Å². The Morgan fingerprint density at radius 2 is 2.12 bits per heavy atom. The van der Waals surface area contributed by atoms with Gasteiger partial charge in [0.05, 0.1) is 6.54 Å². The maximum atomic E-state index is 12.5. The van der Waals surface area contributed by atoms with Gasteiger partial charge in [-0.15, -0.1) is 0 Å². The van der Waals surface area contributed by atoms with E-state index in [1.807, 2.05) is 23.1 Å². The fourth-order valence-corrected chi connectivity index (χ4v) is 3.05. The Hall–Kier alpha value is -2.04. The van der Waals surface area contributed by atoms with Crippen molar-refractivity contribution in [3.63, 3.8) is 0 Å². The minimum atomic E-state index is 0.0848. The molecule has 5 heteroatoms. The number of carbonyl (C=O) groups excluding carboxylic acids is 1. The first kappa shape index (κ1) is 18.3. The molecule has 1 amide bonds. The fraction of sp³-hybridized carbons (Fsp3) is 0.579. The second-order valence-corrected chi connectivity index (χ2v) is 6.39. The summed E-state index contributed by atoms with van der Waals surface area (Å²) in [7, 11) is 1.74. The number of guanidine groups is 1. The monoisotopic (exact) mass is 330 g/mol. The summed E-state index contributed by atoms with van der Waals surface area (Å²) in [5.74, 6) is 0.779. The average molecular weight is 330 g/mol. The number of rotatable bonds is 7. The number of hydrogen-bond donors (Lipinski definition) is 2. The topological polar surface area (TPSA) is 56.7 Å². The number of nitrogens with one attached hydrogen (secondary N) is 2. The third kappa shape index (κ3) is 4.98. The summed E-state index contributed by atoms with van der Waals surface area (Å²) in [4.78, 5) is 18.6. The van der Waals surface area contributed by atoms with Crippen LogP contribution in [0.3, 0.4) is 0 Å². The van der Waals surface area contributed by atoms with Crippen LogP contribution in [-0.2, 0) is 11.2 Å². The molecule has 2 N–H and O–H groups in total. The Kier molecular flexibility index (Phi) is 7.09. The molecule has 0 saturated heterocycles. The molecule has 1 aliphatic rings. The van der Waals surface area contributed by atoms with Gasteiger partial charge in [0.1, 0.15) is 0 Å². The van der Waals surface area contributed by atoms with Gasteiger partial charge < -0.3 is 15.5 Å². The van der Waals surface area contributed by atoms with Crippen molar-refractivity contribution < 1.29 is 4.79 Å². The van der Waals surface area contributed by atoms with Gasteiger partial charge >= 0.3 is 0 Å². The molecule has 0 aromatic heterocycles. The van der Waals surface area contributed by atoms with Gasteiger partial charge in [-0.1, -0.05) is 44.4 Å². The van der Waals surface area contributed by atoms with E-state index in [0.29, 0.717) is 12.0 Å². The highest BCUT2D eigenvalue weighted by Gasteiger charge is 2.23. The number of para-hydroxylation sites is 1. The number of fused-ring (bicyclic) bond motifs is 1. The summed E-state index contributed by atoms with van der Waals surface area (Å²) in [6.45, 7) is 5.39. The fourth-order valence-electron chi connectivity index (χ4n) is 3.05. The lowest BCUT2D eigenvalue weighted by Crippen LogP contribution is -2.46. The van der Waals surface area contributed by atoms with Crippen LogP contribution in [0.1, 0.15) is 45.1 Å². The third-order valence-electron chi connectivity index (χ3n) is 4.44. The number of benzene rings is 1. The minimum absolute atomic E-state index is 0.0848. The van der Waals surface area contributed by atoms with Gasteiger partial charge in [-0.2, -0.15) is 0 Å². The number of carbonyl (C=O) groups is 1. The lowest BCUT2D eigenvalue weighted by atomic mass is 10.1. The van der Waals surface area contributed by atoms with E-state index in [4.69, 9.17) is 0 Å². The number of anilines is 1. The standard InChI is InChI=1S/C19H30N4O/c1-4-5-6-9-15(2)22-19(20-3)21-14-18(24)23-13-12-16-10-7-8-11-17(16)23/h7-8,10-11,15H,4-6,9,12-14H2,1-3H3,(H2,20,21,22). The van der Waals surface area contributed by atoms with E-state index in [1.165, 1.54) is 24.8 Å². The Morgan fingerprint density at radius 3 is 2.88 bits per heavy atom. The van der Waals surface area contributed by atoms with Gasteiger partial charge in [0.2, 0.25) is 5.91 Å². The largest absolute Gasteiger partial charge is 0.354 e. The van der Waals surface area contributed by atoms with E-state index in [1.54, 1.807) is 7.05 Å². The molecule has 132 valence electrons. The molecular formula is C19H30N4O. The molecule has 0 spiro atoms. The van der Waals surface area contributed by atoms with E-state index >= 15 is 0 Å². The van der Waals surface area contributed by atoms with Gasteiger partial charge in [-0.25, -0.2) is 0 Å². The molecule has 24 heavy (non-hydrogen) atoms. The maximum Gasteiger partial charge on any atom is 0.246 e. The van der Waals surface area contributed by atoms with Crippen molar-refractivity contribution in [3.8, 4) is 0 Å². The predicted molar refractivity (Wildman–Crippen MR) is 101 cm³/mol. The molecule has 0 radical (unpaired) electrons. The highest BCUT2D eigenvalue weighted by Crippen LogP contribution is 2.27. The molecule has 5 nitrogen and oxygen atoms in total. The molecule has 0 aliphatic carbocycles.